The number of halogens is 4. The monoisotopic (exact) mass is 212 g/mol. The lowest BCUT2D eigenvalue weighted by Gasteiger charge is -1.94. The minimum Gasteiger partial charge on any atom is -0.418 e. The molecule has 0 spiro atoms. The molecule has 0 saturated heterocycles. The van der Waals surface area contributed by atoms with Gasteiger partial charge in [0.25, 0.3) is 0 Å². The first-order valence-electron chi connectivity index (χ1n) is 3.55. The summed E-state index contributed by atoms with van der Waals surface area (Å²) in [5.74, 6) is 0. The molecule has 1 unspecified atom stereocenters. The molecule has 6 heteroatoms. The Bertz CT molecular complexity index is 238. The highest BCUT2D eigenvalue weighted by molar-refractivity contribution is 7.27. The first-order chi connectivity index (χ1) is 5.79. The second-order valence-corrected chi connectivity index (χ2v) is 3.30. The number of rotatable bonds is 0. The minimum absolute atomic E-state index is 1.34. The summed E-state index contributed by atoms with van der Waals surface area (Å²) in [4.78, 5) is 0. The van der Waals surface area contributed by atoms with Crippen molar-refractivity contribution in [1.29, 1.82) is 0 Å². The van der Waals surface area contributed by atoms with Crippen LogP contribution >= 0.6 is 9.24 Å². The third-order valence-corrected chi connectivity index (χ3v) is 1.52. The topological polar surface area (TPSA) is 0 Å². The van der Waals surface area contributed by atoms with Crippen molar-refractivity contribution in [3.63, 3.8) is 0 Å². The Morgan fingerprint density at radius 2 is 1.62 bits per heavy atom. The fourth-order valence-electron chi connectivity index (χ4n) is 0.712. The van der Waals surface area contributed by atoms with Crippen LogP contribution in [0.4, 0.5) is 17.3 Å². The van der Waals surface area contributed by atoms with Gasteiger partial charge in [-0.2, -0.15) is 0 Å². The zero-order valence-electron chi connectivity index (χ0n) is 7.11. The van der Waals surface area contributed by atoms with Gasteiger partial charge in [0.1, 0.15) is 0 Å². The molecule has 1 aromatic rings. The summed E-state index contributed by atoms with van der Waals surface area (Å²) >= 11 is 0. The van der Waals surface area contributed by atoms with Crippen LogP contribution in [0, 0.1) is 6.92 Å². The van der Waals surface area contributed by atoms with E-state index in [0.29, 0.717) is 0 Å². The van der Waals surface area contributed by atoms with Gasteiger partial charge in [-0.3, -0.25) is 0 Å². The van der Waals surface area contributed by atoms with Crippen molar-refractivity contribution in [3.8, 4) is 0 Å². The van der Waals surface area contributed by atoms with Crippen molar-refractivity contribution in [2.45, 2.75) is 6.92 Å². The average Bonchev–Trinajstić information content (AvgIpc) is 1.81. The fraction of sp³-hybridized carbons (Fsp3) is 0.143. The maximum absolute atomic E-state index is 9.75. The normalized spacial score (nSPS) is 10.5. The molecule has 0 nitrogen and oxygen atoms in total. The second-order valence-electron chi connectivity index (χ2n) is 2.48. The fourth-order valence-corrected chi connectivity index (χ4v) is 1.17. The third-order valence-electron chi connectivity index (χ3n) is 1.08. The highest BCUT2D eigenvalue weighted by Gasteiger charge is 2.20. The molecule has 0 saturated carbocycles. The van der Waals surface area contributed by atoms with Crippen molar-refractivity contribution in [2.75, 3.05) is 0 Å². The lowest BCUT2D eigenvalue weighted by atomic mass is 10.2. The van der Waals surface area contributed by atoms with Crippen LogP contribution in [0.3, 0.4) is 0 Å². The summed E-state index contributed by atoms with van der Waals surface area (Å²) in [5, 5.41) is 1.37. The zero-order valence-corrected chi connectivity index (χ0v) is 8.52. The molecule has 1 aromatic carbocycles. The summed E-state index contributed by atoms with van der Waals surface area (Å²) in [6.45, 7) is 2.11. The molecule has 0 N–H and O–H groups in total. The summed E-state index contributed by atoms with van der Waals surface area (Å²) in [5.41, 5.74) is 1.34. The Morgan fingerprint density at radius 3 is 1.85 bits per heavy atom. The van der Waals surface area contributed by atoms with Gasteiger partial charge in [-0.15, -0.1) is 0 Å². The summed E-state index contributed by atoms with van der Waals surface area (Å²) < 4.78 is 39.0. The largest absolute Gasteiger partial charge is 0.673 e. The number of benzene rings is 1. The van der Waals surface area contributed by atoms with E-state index in [2.05, 4.69) is 31.2 Å². The molecular weight excluding hydrogens is 202 g/mol. The first kappa shape index (κ1) is 12.4. The summed E-state index contributed by atoms with van der Waals surface area (Å²) in [7, 11) is -4.08. The van der Waals surface area contributed by atoms with E-state index in [-0.39, 0.29) is 0 Å². The van der Waals surface area contributed by atoms with E-state index in [1.165, 1.54) is 10.9 Å². The van der Waals surface area contributed by atoms with Crippen molar-refractivity contribution < 1.29 is 17.3 Å². The van der Waals surface area contributed by atoms with Gasteiger partial charge in [-0.25, -0.2) is 0 Å². The van der Waals surface area contributed by atoms with Crippen LogP contribution in [0.1, 0.15) is 5.56 Å². The molecule has 0 fully saturated rings. The van der Waals surface area contributed by atoms with Crippen LogP contribution in [-0.2, 0) is 0 Å². The molecule has 0 amide bonds. The Labute approximate surface area is 76.6 Å². The van der Waals surface area contributed by atoms with E-state index in [0.717, 1.165) is 0 Å². The highest BCUT2D eigenvalue weighted by atomic mass is 31.0. The van der Waals surface area contributed by atoms with Gasteiger partial charge in [-0.1, -0.05) is 12.1 Å². The second kappa shape index (κ2) is 5.23. The molecule has 74 valence electrons. The third kappa shape index (κ3) is 11.4. The highest BCUT2D eigenvalue weighted by Crippen LogP contribution is 2.06. The Kier molecular flexibility index (Phi) is 5.00. The summed E-state index contributed by atoms with van der Waals surface area (Å²) in [6.07, 6.45) is 0. The van der Waals surface area contributed by atoms with E-state index in [1.807, 2.05) is 9.24 Å². The molecule has 13 heavy (non-hydrogen) atoms. The van der Waals surface area contributed by atoms with Gasteiger partial charge >= 0.3 is 7.25 Å². The van der Waals surface area contributed by atoms with Crippen molar-refractivity contribution in [1.82, 2.24) is 0 Å². The van der Waals surface area contributed by atoms with Gasteiger partial charge in [0.2, 0.25) is 0 Å². The van der Waals surface area contributed by atoms with E-state index < -0.39 is 7.25 Å². The van der Waals surface area contributed by atoms with Gasteiger partial charge < -0.3 is 17.3 Å². The minimum atomic E-state index is -6.00. The van der Waals surface area contributed by atoms with E-state index >= 15 is 0 Å². The molecule has 0 aliphatic rings. The molecular formula is C7H10BF4P. The predicted octanol–water partition coefficient (Wildman–Crippen LogP) is 2.53. The van der Waals surface area contributed by atoms with Crippen LogP contribution in [-0.4, -0.2) is 7.25 Å². The van der Waals surface area contributed by atoms with Crippen LogP contribution in [0.5, 0.6) is 0 Å². The van der Waals surface area contributed by atoms with Crippen molar-refractivity contribution in [3.05, 3.63) is 29.8 Å². The quantitative estimate of drug-likeness (QED) is 0.352. The SMILES string of the molecule is Cc1cccc([PH3+])c1.F[B-](F)(F)F. The average molecular weight is 212 g/mol. The first-order valence-corrected chi connectivity index (χ1v) is 4.25. The van der Waals surface area contributed by atoms with Crippen LogP contribution in [0.25, 0.3) is 0 Å². The van der Waals surface area contributed by atoms with E-state index in [9.17, 15) is 17.3 Å². The zero-order chi connectivity index (χ0) is 10.5. The van der Waals surface area contributed by atoms with Crippen LogP contribution in [0.2, 0.25) is 0 Å². The van der Waals surface area contributed by atoms with Gasteiger partial charge in [-0.05, 0) is 24.6 Å². The maximum atomic E-state index is 9.75. The number of hydrogen-bond acceptors (Lipinski definition) is 0. The molecule has 0 radical (unpaired) electrons. The van der Waals surface area contributed by atoms with E-state index in [4.69, 9.17) is 0 Å². The van der Waals surface area contributed by atoms with Crippen LogP contribution in [0.15, 0.2) is 24.3 Å². The molecule has 0 heterocycles. The van der Waals surface area contributed by atoms with E-state index in [1.54, 1.807) is 0 Å². The summed E-state index contributed by atoms with van der Waals surface area (Å²) in [6, 6.07) is 8.49. The number of aryl methyl sites for hydroxylation is 1. The maximum Gasteiger partial charge on any atom is 0.673 e. The lowest BCUT2D eigenvalue weighted by molar-refractivity contribution is 0.368. The predicted molar refractivity (Wildman–Crippen MR) is 52.1 cm³/mol. The Balaban J connectivity index is 0.000000252. The Hall–Kier alpha value is -0.565. The molecule has 0 aliphatic carbocycles. The molecule has 1 rings (SSSR count). The van der Waals surface area contributed by atoms with Gasteiger partial charge in [0.05, 0.1) is 5.30 Å². The molecule has 0 aliphatic heterocycles. The molecule has 0 bridgehead atoms. The smallest absolute Gasteiger partial charge is 0.418 e. The van der Waals surface area contributed by atoms with Crippen molar-refractivity contribution in [2.24, 2.45) is 0 Å². The van der Waals surface area contributed by atoms with Crippen LogP contribution < -0.4 is 5.30 Å². The lowest BCUT2D eigenvalue weighted by Crippen LogP contribution is -2.02. The van der Waals surface area contributed by atoms with Gasteiger partial charge in [0.15, 0.2) is 0 Å². The Morgan fingerprint density at radius 1 is 1.15 bits per heavy atom. The number of hydrogen-bond donors (Lipinski definition) is 0. The van der Waals surface area contributed by atoms with Gasteiger partial charge in [0, 0.05) is 9.24 Å². The van der Waals surface area contributed by atoms with Crippen molar-refractivity contribution >= 4 is 21.8 Å². The standard InChI is InChI=1S/C7H9P.BF4/c1-6-3-2-4-7(8)5-6;2-1(3,4)5/h2-5H,8H2,1H3;/q;-1/p+1. The molecule has 1 atom stereocenters. The molecule has 0 aromatic heterocycles.